The van der Waals surface area contributed by atoms with E-state index < -0.39 is 16.1 Å². The molecule has 4 rings (SSSR count). The van der Waals surface area contributed by atoms with Gasteiger partial charge in [-0.3, -0.25) is 0 Å². The zero-order valence-corrected chi connectivity index (χ0v) is 15.9. The van der Waals surface area contributed by atoms with E-state index in [1.165, 1.54) is 5.56 Å². The Bertz CT molecular complexity index is 1090. The highest BCUT2D eigenvalue weighted by molar-refractivity contribution is 7.93. The molecule has 0 fully saturated rings. The van der Waals surface area contributed by atoms with E-state index in [0.717, 1.165) is 17.5 Å². The van der Waals surface area contributed by atoms with Crippen molar-refractivity contribution >= 4 is 16.1 Å². The van der Waals surface area contributed by atoms with E-state index in [0.29, 0.717) is 17.2 Å². The predicted octanol–water partition coefficient (Wildman–Crippen LogP) is 3.42. The molecule has 0 spiro atoms. The second-order valence-corrected chi connectivity index (χ2v) is 8.44. The van der Waals surface area contributed by atoms with Crippen molar-refractivity contribution < 1.29 is 8.42 Å². The van der Waals surface area contributed by atoms with Crippen LogP contribution in [0.4, 0.5) is 0 Å². The lowest BCUT2D eigenvalue weighted by Gasteiger charge is -2.22. The van der Waals surface area contributed by atoms with Gasteiger partial charge >= 0.3 is 0 Å². The number of allylic oxidation sites excluding steroid dienone is 1. The lowest BCUT2D eigenvalue weighted by atomic mass is 9.98. The average molecular weight is 379 g/mol. The minimum atomic E-state index is -3.66. The van der Waals surface area contributed by atoms with Crippen LogP contribution in [-0.2, 0) is 23.5 Å². The third kappa shape index (κ3) is 3.59. The Labute approximate surface area is 159 Å². The van der Waals surface area contributed by atoms with Gasteiger partial charge in [0.15, 0.2) is 0 Å². The average Bonchev–Trinajstić information content (AvgIpc) is 3.12. The van der Waals surface area contributed by atoms with Gasteiger partial charge in [0.25, 0.3) is 0 Å². The smallest absolute Gasteiger partial charge is 0.237 e. The van der Waals surface area contributed by atoms with Gasteiger partial charge < -0.3 is 4.57 Å². The molecular weight excluding hydrogens is 358 g/mol. The van der Waals surface area contributed by atoms with Crippen molar-refractivity contribution in [3.8, 4) is 0 Å². The van der Waals surface area contributed by atoms with Crippen molar-refractivity contribution in [3.63, 3.8) is 0 Å². The number of nitrogens with zero attached hydrogens (tertiary/aromatic N) is 2. The fourth-order valence-electron chi connectivity index (χ4n) is 3.42. The van der Waals surface area contributed by atoms with Crippen LogP contribution < -0.4 is 4.72 Å². The zero-order valence-electron chi connectivity index (χ0n) is 15.0. The van der Waals surface area contributed by atoms with Crippen molar-refractivity contribution in [2.24, 2.45) is 7.05 Å². The molecule has 5 nitrogen and oxygen atoms in total. The van der Waals surface area contributed by atoms with Crippen LogP contribution in [-0.4, -0.2) is 18.0 Å². The number of sulfonamides is 1. The molecule has 138 valence electrons. The van der Waals surface area contributed by atoms with Gasteiger partial charge in [-0.2, -0.15) is 4.72 Å². The second kappa shape index (κ2) is 7.13. The van der Waals surface area contributed by atoms with Crippen LogP contribution in [0.1, 0.15) is 35.0 Å². The molecule has 1 aliphatic rings. The normalized spacial score (nSPS) is 15.1. The van der Waals surface area contributed by atoms with E-state index in [4.69, 9.17) is 0 Å². The molecular formula is C21H21N3O2S. The first-order chi connectivity index (χ1) is 13.0. The SMILES string of the molecule is Cn1ccnc1[C@@H](NS(=O)(=O)C1=Cc2ccccc2CC1)c1ccccc1. The van der Waals surface area contributed by atoms with Gasteiger partial charge in [0, 0.05) is 19.4 Å². The first-order valence-electron chi connectivity index (χ1n) is 8.87. The molecule has 0 saturated heterocycles. The predicted molar refractivity (Wildman–Crippen MR) is 106 cm³/mol. The standard InChI is InChI=1S/C21H21N3O2S/c1-24-14-13-22-21(24)20(17-8-3-2-4-9-17)23-27(25,26)19-12-11-16-7-5-6-10-18(16)15-19/h2-10,13-15,20,23H,11-12H2,1H3/t20-/m0/s1. The summed E-state index contributed by atoms with van der Waals surface area (Å²) in [5.41, 5.74) is 3.00. The highest BCUT2D eigenvalue weighted by Crippen LogP contribution is 2.29. The Kier molecular flexibility index (Phi) is 4.68. The monoisotopic (exact) mass is 379 g/mol. The van der Waals surface area contributed by atoms with E-state index in [2.05, 4.69) is 9.71 Å². The first kappa shape index (κ1) is 17.7. The van der Waals surface area contributed by atoms with Crippen molar-refractivity contribution in [1.82, 2.24) is 14.3 Å². The van der Waals surface area contributed by atoms with Gasteiger partial charge in [-0.1, -0.05) is 54.6 Å². The van der Waals surface area contributed by atoms with Crippen LogP contribution in [0, 0.1) is 0 Å². The summed E-state index contributed by atoms with van der Waals surface area (Å²) < 4.78 is 31.1. The minimum Gasteiger partial charge on any atom is -0.336 e. The third-order valence-electron chi connectivity index (χ3n) is 4.88. The summed E-state index contributed by atoms with van der Waals surface area (Å²) in [7, 11) is -1.79. The van der Waals surface area contributed by atoms with Crippen LogP contribution >= 0.6 is 0 Å². The minimum absolute atomic E-state index is 0.413. The Balaban J connectivity index is 1.71. The van der Waals surface area contributed by atoms with Crippen molar-refractivity contribution in [1.29, 1.82) is 0 Å². The molecule has 0 unspecified atom stereocenters. The Morgan fingerprint density at radius 1 is 1.04 bits per heavy atom. The first-order valence-corrected chi connectivity index (χ1v) is 10.4. The molecule has 1 aliphatic carbocycles. The zero-order chi connectivity index (χ0) is 18.9. The van der Waals surface area contributed by atoms with E-state index in [9.17, 15) is 8.42 Å². The number of nitrogens with one attached hydrogen (secondary N) is 1. The highest BCUT2D eigenvalue weighted by Gasteiger charge is 2.28. The molecule has 0 bridgehead atoms. The number of aryl methyl sites for hydroxylation is 2. The summed E-state index contributed by atoms with van der Waals surface area (Å²) in [5, 5.41) is 0. The van der Waals surface area contributed by atoms with Gasteiger partial charge in [0.05, 0.1) is 4.91 Å². The van der Waals surface area contributed by atoms with Crippen LogP contribution in [0.15, 0.2) is 71.9 Å². The van der Waals surface area contributed by atoms with Gasteiger partial charge in [-0.15, -0.1) is 0 Å². The van der Waals surface area contributed by atoms with E-state index in [1.807, 2.05) is 72.4 Å². The quantitative estimate of drug-likeness (QED) is 0.739. The molecule has 1 N–H and O–H groups in total. The van der Waals surface area contributed by atoms with Crippen LogP contribution in [0.3, 0.4) is 0 Å². The van der Waals surface area contributed by atoms with Gasteiger partial charge in [0.2, 0.25) is 10.0 Å². The molecule has 1 heterocycles. The number of benzene rings is 2. The maximum Gasteiger partial charge on any atom is 0.237 e. The van der Waals surface area contributed by atoms with Crippen LogP contribution in [0.5, 0.6) is 0 Å². The number of aromatic nitrogens is 2. The summed E-state index contributed by atoms with van der Waals surface area (Å²) in [6.07, 6.45) is 6.49. The fourth-order valence-corrected chi connectivity index (χ4v) is 4.78. The number of imidazole rings is 1. The Morgan fingerprint density at radius 3 is 2.52 bits per heavy atom. The third-order valence-corrected chi connectivity index (χ3v) is 6.44. The molecule has 6 heteroatoms. The van der Waals surface area contributed by atoms with Crippen molar-refractivity contribution in [2.45, 2.75) is 18.9 Å². The van der Waals surface area contributed by atoms with Crippen LogP contribution in [0.25, 0.3) is 6.08 Å². The summed E-state index contributed by atoms with van der Waals surface area (Å²) in [5.74, 6) is 0.654. The summed E-state index contributed by atoms with van der Waals surface area (Å²) in [6, 6.07) is 16.9. The Morgan fingerprint density at radius 2 is 1.78 bits per heavy atom. The molecule has 1 aromatic heterocycles. The molecule has 0 saturated carbocycles. The fraction of sp³-hybridized carbons (Fsp3) is 0.190. The van der Waals surface area contributed by atoms with Crippen molar-refractivity contribution in [2.75, 3.05) is 0 Å². The van der Waals surface area contributed by atoms with Gasteiger partial charge in [-0.05, 0) is 35.6 Å². The number of fused-ring (bicyclic) bond motifs is 1. The topological polar surface area (TPSA) is 64.0 Å². The summed E-state index contributed by atoms with van der Waals surface area (Å²) in [6.45, 7) is 0. The molecule has 1 atom stereocenters. The number of rotatable bonds is 5. The van der Waals surface area contributed by atoms with E-state index >= 15 is 0 Å². The lowest BCUT2D eigenvalue weighted by Crippen LogP contribution is -2.32. The largest absolute Gasteiger partial charge is 0.336 e. The summed E-state index contributed by atoms with van der Waals surface area (Å²) >= 11 is 0. The van der Waals surface area contributed by atoms with Crippen molar-refractivity contribution in [3.05, 3.63) is 94.4 Å². The van der Waals surface area contributed by atoms with E-state index in [-0.39, 0.29) is 0 Å². The molecule has 0 amide bonds. The summed E-state index contributed by atoms with van der Waals surface area (Å²) in [4.78, 5) is 4.79. The molecule has 27 heavy (non-hydrogen) atoms. The maximum atomic E-state index is 13.2. The Hall–Kier alpha value is -2.70. The number of hydrogen-bond donors (Lipinski definition) is 1. The lowest BCUT2D eigenvalue weighted by molar-refractivity contribution is 0.567. The maximum absolute atomic E-state index is 13.2. The van der Waals surface area contributed by atoms with Gasteiger partial charge in [0.1, 0.15) is 11.9 Å². The molecule has 0 aliphatic heterocycles. The van der Waals surface area contributed by atoms with Crippen LogP contribution in [0.2, 0.25) is 0 Å². The molecule has 2 aromatic carbocycles. The van der Waals surface area contributed by atoms with Gasteiger partial charge in [-0.25, -0.2) is 13.4 Å². The van der Waals surface area contributed by atoms with E-state index in [1.54, 1.807) is 12.3 Å². The second-order valence-electron chi connectivity index (χ2n) is 6.67. The molecule has 3 aromatic rings. The molecule has 0 radical (unpaired) electrons. The highest BCUT2D eigenvalue weighted by atomic mass is 32.2. The number of hydrogen-bond acceptors (Lipinski definition) is 3.